The van der Waals surface area contributed by atoms with Gasteiger partial charge in [0.25, 0.3) is 0 Å². The zero-order valence-corrected chi connectivity index (χ0v) is 18.6. The van der Waals surface area contributed by atoms with E-state index in [0.717, 1.165) is 0 Å². The van der Waals surface area contributed by atoms with Gasteiger partial charge in [-0.25, -0.2) is 4.39 Å². The average Bonchev–Trinajstić information content (AvgIpc) is 2.98. The lowest BCUT2D eigenvalue weighted by molar-refractivity contribution is -0.253. The molecule has 2 bridgehead atoms. The predicted molar refractivity (Wildman–Crippen MR) is 113 cm³/mol. The van der Waals surface area contributed by atoms with Gasteiger partial charge < -0.3 is 14.2 Å². The lowest BCUT2D eigenvalue weighted by atomic mass is 9.52. The Morgan fingerprint density at radius 1 is 1.12 bits per heavy atom. The van der Waals surface area contributed by atoms with E-state index in [2.05, 4.69) is 22.0 Å². The van der Waals surface area contributed by atoms with E-state index in [1.54, 1.807) is 31.2 Å². The summed E-state index contributed by atoms with van der Waals surface area (Å²) in [4.78, 5) is 0. The zero-order valence-electron chi connectivity index (χ0n) is 17.0. The van der Waals surface area contributed by atoms with Crippen molar-refractivity contribution in [2.75, 3.05) is 7.11 Å². The molecule has 0 amide bonds. The molecule has 0 spiro atoms. The summed E-state index contributed by atoms with van der Waals surface area (Å²) in [6.45, 7) is 1.56. The number of ether oxygens (including phenoxy) is 3. The minimum atomic E-state index is -2.18. The van der Waals surface area contributed by atoms with Gasteiger partial charge in [-0.2, -0.15) is 15.8 Å². The van der Waals surface area contributed by atoms with Crippen LogP contribution in [0.2, 0.25) is 0 Å². The minimum absolute atomic E-state index is 0.106. The highest BCUT2D eigenvalue weighted by atomic mass is 79.9. The summed E-state index contributed by atoms with van der Waals surface area (Å²) in [5.74, 6) is -3.28. The summed E-state index contributed by atoms with van der Waals surface area (Å²) in [6, 6.07) is 16.8. The fourth-order valence-corrected chi connectivity index (χ4v) is 5.23. The van der Waals surface area contributed by atoms with Gasteiger partial charge in [-0.15, -0.1) is 0 Å². The quantitative estimate of drug-likeness (QED) is 0.658. The molecule has 2 aromatic carbocycles. The van der Waals surface area contributed by atoms with Crippen molar-refractivity contribution in [3.05, 3.63) is 63.9 Å². The second kappa shape index (κ2) is 7.31. The number of hydrogen-bond acceptors (Lipinski definition) is 7. The third-order valence-corrected chi connectivity index (χ3v) is 6.82. The van der Waals surface area contributed by atoms with Crippen LogP contribution in [0.3, 0.4) is 0 Å². The second-order valence-corrected chi connectivity index (χ2v) is 8.60. The number of nitrogens with zero attached hydrogens (tertiary/aromatic N) is 3. The summed E-state index contributed by atoms with van der Waals surface area (Å²) in [6.07, 6.45) is -1.30. The molecule has 2 aliphatic heterocycles. The highest BCUT2D eigenvalue weighted by Crippen LogP contribution is 2.70. The number of hydrogen-bond donors (Lipinski definition) is 1. The topological polar surface area (TPSA) is 123 Å². The van der Waals surface area contributed by atoms with E-state index in [1.165, 1.54) is 25.3 Å². The maximum atomic E-state index is 13.9. The van der Waals surface area contributed by atoms with E-state index >= 15 is 0 Å². The summed E-state index contributed by atoms with van der Waals surface area (Å²) in [5, 5.41) is 39.7. The molecule has 1 N–H and O–H groups in total. The van der Waals surface area contributed by atoms with Crippen molar-refractivity contribution in [3.8, 4) is 24.0 Å². The first kappa shape index (κ1) is 21.8. The van der Waals surface area contributed by atoms with Crippen LogP contribution in [0.1, 0.15) is 30.1 Å². The van der Waals surface area contributed by atoms with E-state index in [1.807, 2.05) is 12.1 Å². The SMILES string of the molecule is COc1ccccc1C1C2(C)OC(=N)C1(C#N)C(C#N)(C#N)C(c1ccc(F)c(Br)c1)O2. The van der Waals surface area contributed by atoms with Crippen molar-refractivity contribution in [2.24, 2.45) is 10.8 Å². The first-order valence-electron chi connectivity index (χ1n) is 9.52. The molecule has 4 rings (SSSR count). The fraction of sp³-hybridized carbons (Fsp3) is 0.304. The molecule has 4 atom stereocenters. The zero-order chi connectivity index (χ0) is 23.3. The van der Waals surface area contributed by atoms with Crippen LogP contribution in [0.5, 0.6) is 5.75 Å². The molecule has 2 saturated heterocycles. The summed E-state index contributed by atoms with van der Waals surface area (Å²) < 4.78 is 31.5. The van der Waals surface area contributed by atoms with Gasteiger partial charge in [-0.3, -0.25) is 5.41 Å². The van der Waals surface area contributed by atoms with Gasteiger partial charge in [0.1, 0.15) is 17.7 Å². The molecule has 7 nitrogen and oxygen atoms in total. The molecule has 2 aromatic rings. The number of methoxy groups -OCH3 is 1. The van der Waals surface area contributed by atoms with Crippen molar-refractivity contribution in [1.29, 1.82) is 21.2 Å². The van der Waals surface area contributed by atoms with Crippen LogP contribution in [-0.2, 0) is 9.47 Å². The number of nitriles is 3. The van der Waals surface area contributed by atoms with Crippen LogP contribution in [0.25, 0.3) is 0 Å². The number of para-hydroxylation sites is 1. The number of fused-ring (bicyclic) bond motifs is 2. The van der Waals surface area contributed by atoms with Gasteiger partial charge in [-0.05, 0) is 39.7 Å². The van der Waals surface area contributed by atoms with Crippen molar-refractivity contribution in [1.82, 2.24) is 0 Å². The van der Waals surface area contributed by atoms with Crippen molar-refractivity contribution in [2.45, 2.75) is 24.7 Å². The van der Waals surface area contributed by atoms with Crippen LogP contribution in [0.15, 0.2) is 46.9 Å². The first-order valence-corrected chi connectivity index (χ1v) is 10.3. The summed E-state index contributed by atoms with van der Waals surface area (Å²) in [5.41, 5.74) is -3.44. The maximum absolute atomic E-state index is 13.9. The molecule has 2 heterocycles. The fourth-order valence-electron chi connectivity index (χ4n) is 4.83. The largest absolute Gasteiger partial charge is 0.496 e. The number of rotatable bonds is 3. The smallest absolute Gasteiger partial charge is 0.219 e. The van der Waals surface area contributed by atoms with Gasteiger partial charge in [0.2, 0.25) is 17.1 Å². The van der Waals surface area contributed by atoms with E-state index in [4.69, 9.17) is 19.6 Å². The van der Waals surface area contributed by atoms with Crippen LogP contribution in [0, 0.1) is 56.0 Å². The number of halogens is 2. The van der Waals surface area contributed by atoms with Gasteiger partial charge in [-0.1, -0.05) is 24.3 Å². The standard InChI is InChI=1S/C23H16BrFN4O3/c1-21-18(14-5-3-4-6-17(14)30-2)23(12-28,20(29)32-21)22(10-26,11-27)19(31-21)13-7-8-16(25)15(24)9-13/h3-9,18-19,29H,1-2H3. The molecule has 0 aliphatic carbocycles. The number of benzene rings is 2. The average molecular weight is 495 g/mol. The summed E-state index contributed by atoms with van der Waals surface area (Å²) in [7, 11) is 1.46. The monoisotopic (exact) mass is 494 g/mol. The molecular formula is C23H16BrFN4O3. The third kappa shape index (κ3) is 2.54. The Morgan fingerprint density at radius 2 is 1.81 bits per heavy atom. The summed E-state index contributed by atoms with van der Waals surface area (Å²) >= 11 is 3.11. The van der Waals surface area contributed by atoms with E-state index in [0.29, 0.717) is 16.9 Å². The minimum Gasteiger partial charge on any atom is -0.496 e. The van der Waals surface area contributed by atoms with Gasteiger partial charge >= 0.3 is 0 Å². The molecule has 0 radical (unpaired) electrons. The Bertz CT molecular complexity index is 1250. The van der Waals surface area contributed by atoms with Crippen LogP contribution >= 0.6 is 15.9 Å². The predicted octanol–water partition coefficient (Wildman–Crippen LogP) is 4.72. The highest BCUT2D eigenvalue weighted by Gasteiger charge is 2.80. The Morgan fingerprint density at radius 3 is 2.41 bits per heavy atom. The molecule has 9 heteroatoms. The molecule has 2 fully saturated rings. The van der Waals surface area contributed by atoms with Crippen LogP contribution < -0.4 is 4.74 Å². The van der Waals surface area contributed by atoms with Crippen molar-refractivity contribution < 1.29 is 18.6 Å². The Balaban J connectivity index is 2.06. The van der Waals surface area contributed by atoms with Gasteiger partial charge in [0, 0.05) is 12.5 Å². The molecule has 160 valence electrons. The molecule has 0 aromatic heterocycles. The van der Waals surface area contributed by atoms with Crippen molar-refractivity contribution in [3.63, 3.8) is 0 Å². The molecular weight excluding hydrogens is 479 g/mol. The first-order chi connectivity index (χ1) is 15.2. The number of nitrogens with one attached hydrogen (secondary N) is 1. The third-order valence-electron chi connectivity index (χ3n) is 6.21. The lowest BCUT2D eigenvalue weighted by Crippen LogP contribution is -2.57. The molecule has 4 unspecified atom stereocenters. The van der Waals surface area contributed by atoms with Crippen molar-refractivity contribution >= 4 is 21.8 Å². The Labute approximate surface area is 192 Å². The van der Waals surface area contributed by atoms with E-state index in [9.17, 15) is 20.2 Å². The van der Waals surface area contributed by atoms with E-state index < -0.39 is 40.4 Å². The highest BCUT2D eigenvalue weighted by molar-refractivity contribution is 9.10. The molecule has 0 saturated carbocycles. The lowest BCUT2D eigenvalue weighted by Gasteiger charge is -2.49. The van der Waals surface area contributed by atoms with E-state index in [-0.39, 0.29) is 4.47 Å². The maximum Gasteiger partial charge on any atom is 0.219 e. The van der Waals surface area contributed by atoms with Crippen LogP contribution in [-0.4, -0.2) is 18.8 Å². The Hall–Kier alpha value is -3.45. The normalized spacial score (nSPS) is 29.8. The molecule has 32 heavy (non-hydrogen) atoms. The second-order valence-electron chi connectivity index (χ2n) is 7.74. The Kier molecular flexibility index (Phi) is 4.97. The van der Waals surface area contributed by atoms with Gasteiger partial charge in [0.05, 0.1) is 35.7 Å². The molecule has 2 aliphatic rings. The van der Waals surface area contributed by atoms with Gasteiger partial charge in [0.15, 0.2) is 5.41 Å². The van der Waals surface area contributed by atoms with Crippen LogP contribution in [0.4, 0.5) is 4.39 Å².